The summed E-state index contributed by atoms with van der Waals surface area (Å²) in [6.45, 7) is 0. The summed E-state index contributed by atoms with van der Waals surface area (Å²) >= 11 is 0. The maximum atomic E-state index is 12.6. The summed E-state index contributed by atoms with van der Waals surface area (Å²) in [6.07, 6.45) is -2.39. The van der Waals surface area contributed by atoms with Gasteiger partial charge >= 0.3 is 6.18 Å². The molecule has 6 heteroatoms. The van der Waals surface area contributed by atoms with Gasteiger partial charge in [0, 0.05) is 5.56 Å². The molecule has 0 unspecified atom stereocenters. The monoisotopic (exact) mass is 287 g/mol. The number of aromatic nitrogens is 2. The molecule has 0 radical (unpaired) electrons. The SMILES string of the molecule is N#Cn1c(-c2ccc(C(F)(F)F)cc2)nc2ccccc21. The van der Waals surface area contributed by atoms with Gasteiger partial charge in [-0.05, 0) is 24.3 Å². The van der Waals surface area contributed by atoms with E-state index in [0.717, 1.165) is 12.1 Å². The Morgan fingerprint density at radius 1 is 1.00 bits per heavy atom. The van der Waals surface area contributed by atoms with Gasteiger partial charge < -0.3 is 0 Å². The van der Waals surface area contributed by atoms with Crippen LogP contribution < -0.4 is 0 Å². The minimum absolute atomic E-state index is 0.326. The molecule has 2 aromatic carbocycles. The average molecular weight is 287 g/mol. The number of imidazole rings is 1. The molecule has 3 rings (SSSR count). The zero-order chi connectivity index (χ0) is 15.0. The number of rotatable bonds is 1. The lowest BCUT2D eigenvalue weighted by Gasteiger charge is -2.07. The van der Waals surface area contributed by atoms with Crippen LogP contribution in [0.5, 0.6) is 0 Å². The molecular formula is C15H8F3N3. The summed E-state index contributed by atoms with van der Waals surface area (Å²) in [5, 5.41) is 9.24. The number of nitrogens with zero attached hydrogens (tertiary/aromatic N) is 3. The molecule has 0 saturated carbocycles. The van der Waals surface area contributed by atoms with E-state index in [4.69, 9.17) is 0 Å². The first-order valence-corrected chi connectivity index (χ1v) is 6.06. The van der Waals surface area contributed by atoms with Crippen LogP contribution >= 0.6 is 0 Å². The lowest BCUT2D eigenvalue weighted by Crippen LogP contribution is -2.04. The van der Waals surface area contributed by atoms with Crippen molar-refractivity contribution in [2.75, 3.05) is 0 Å². The Hall–Kier alpha value is -2.81. The zero-order valence-corrected chi connectivity index (χ0v) is 10.6. The summed E-state index contributed by atoms with van der Waals surface area (Å²) in [4.78, 5) is 4.30. The second-order valence-corrected chi connectivity index (χ2v) is 4.43. The van der Waals surface area contributed by atoms with Crippen LogP contribution in [-0.4, -0.2) is 9.55 Å². The number of hydrogen-bond acceptors (Lipinski definition) is 2. The molecule has 0 atom stereocenters. The van der Waals surface area contributed by atoms with Gasteiger partial charge in [0.25, 0.3) is 0 Å². The predicted molar refractivity (Wildman–Crippen MR) is 71.2 cm³/mol. The molecule has 0 fully saturated rings. The van der Waals surface area contributed by atoms with Crippen LogP contribution in [-0.2, 0) is 6.18 Å². The Labute approximate surface area is 117 Å². The van der Waals surface area contributed by atoms with Crippen LogP contribution in [0.2, 0.25) is 0 Å². The number of alkyl halides is 3. The fourth-order valence-electron chi connectivity index (χ4n) is 2.13. The molecule has 0 saturated heterocycles. The van der Waals surface area contributed by atoms with E-state index in [0.29, 0.717) is 22.4 Å². The van der Waals surface area contributed by atoms with Crippen molar-refractivity contribution >= 4 is 11.0 Å². The van der Waals surface area contributed by atoms with E-state index >= 15 is 0 Å². The van der Waals surface area contributed by atoms with Crippen LogP contribution in [0.4, 0.5) is 13.2 Å². The minimum Gasteiger partial charge on any atom is -0.228 e. The highest BCUT2D eigenvalue weighted by Crippen LogP contribution is 2.31. The van der Waals surface area contributed by atoms with Crippen molar-refractivity contribution in [3.05, 3.63) is 54.1 Å². The summed E-state index contributed by atoms with van der Waals surface area (Å²) in [5.74, 6) is 0.326. The molecule has 0 spiro atoms. The number of hydrogen-bond donors (Lipinski definition) is 0. The van der Waals surface area contributed by atoms with E-state index in [1.54, 1.807) is 24.3 Å². The maximum absolute atomic E-state index is 12.6. The topological polar surface area (TPSA) is 41.6 Å². The highest BCUT2D eigenvalue weighted by molar-refractivity contribution is 5.81. The van der Waals surface area contributed by atoms with E-state index in [1.165, 1.54) is 16.7 Å². The molecule has 3 aromatic rings. The molecule has 0 bridgehead atoms. The van der Waals surface area contributed by atoms with Gasteiger partial charge in [-0.1, -0.05) is 24.3 Å². The third-order valence-corrected chi connectivity index (χ3v) is 3.13. The Balaban J connectivity index is 2.15. The normalized spacial score (nSPS) is 11.5. The molecule has 3 nitrogen and oxygen atoms in total. The fourth-order valence-corrected chi connectivity index (χ4v) is 2.13. The van der Waals surface area contributed by atoms with Gasteiger partial charge in [0.05, 0.1) is 16.6 Å². The van der Waals surface area contributed by atoms with E-state index in [-0.39, 0.29) is 0 Å². The Kier molecular flexibility index (Phi) is 2.91. The summed E-state index contributed by atoms with van der Waals surface area (Å²) < 4.78 is 39.0. The van der Waals surface area contributed by atoms with Crippen LogP contribution in [0.15, 0.2) is 48.5 Å². The molecule has 0 amide bonds. The lowest BCUT2D eigenvalue weighted by atomic mass is 10.1. The first-order valence-electron chi connectivity index (χ1n) is 6.06. The van der Waals surface area contributed by atoms with Crippen LogP contribution in [0.25, 0.3) is 22.4 Å². The predicted octanol–water partition coefficient (Wildman–Crippen LogP) is 4.05. The van der Waals surface area contributed by atoms with E-state index in [9.17, 15) is 18.4 Å². The molecule has 0 N–H and O–H groups in total. The number of halogens is 3. The van der Waals surface area contributed by atoms with Crippen molar-refractivity contribution in [1.29, 1.82) is 5.26 Å². The summed E-state index contributed by atoms with van der Waals surface area (Å²) in [7, 11) is 0. The van der Waals surface area contributed by atoms with Crippen LogP contribution in [0.3, 0.4) is 0 Å². The van der Waals surface area contributed by atoms with Crippen molar-refractivity contribution in [2.24, 2.45) is 0 Å². The third-order valence-electron chi connectivity index (χ3n) is 3.13. The Bertz CT molecular complexity index is 839. The van der Waals surface area contributed by atoms with E-state index in [1.807, 2.05) is 6.19 Å². The van der Waals surface area contributed by atoms with Gasteiger partial charge in [-0.2, -0.15) is 18.4 Å². The second-order valence-electron chi connectivity index (χ2n) is 4.43. The van der Waals surface area contributed by atoms with Crippen molar-refractivity contribution < 1.29 is 13.2 Å². The highest BCUT2D eigenvalue weighted by Gasteiger charge is 2.30. The number of benzene rings is 2. The standard InChI is InChI=1S/C15H8F3N3/c16-15(17,18)11-7-5-10(6-8-11)14-20-12-3-1-2-4-13(12)21(14)9-19/h1-8H. The van der Waals surface area contributed by atoms with Gasteiger partial charge in [0.15, 0.2) is 12.0 Å². The van der Waals surface area contributed by atoms with Crippen molar-refractivity contribution in [2.45, 2.75) is 6.18 Å². The van der Waals surface area contributed by atoms with Gasteiger partial charge in [0.1, 0.15) is 0 Å². The largest absolute Gasteiger partial charge is 0.416 e. The number of fused-ring (bicyclic) bond motifs is 1. The van der Waals surface area contributed by atoms with E-state index < -0.39 is 11.7 Å². The maximum Gasteiger partial charge on any atom is 0.416 e. The first kappa shape index (κ1) is 13.2. The van der Waals surface area contributed by atoms with Crippen molar-refractivity contribution in [1.82, 2.24) is 9.55 Å². The van der Waals surface area contributed by atoms with Crippen molar-refractivity contribution in [3.63, 3.8) is 0 Å². The lowest BCUT2D eigenvalue weighted by molar-refractivity contribution is -0.137. The van der Waals surface area contributed by atoms with Gasteiger partial charge in [-0.15, -0.1) is 0 Å². The minimum atomic E-state index is -4.38. The molecule has 0 aliphatic rings. The molecule has 0 aliphatic heterocycles. The summed E-state index contributed by atoms with van der Waals surface area (Å²) in [5.41, 5.74) is 0.968. The second kappa shape index (κ2) is 4.63. The molecule has 0 aliphatic carbocycles. The smallest absolute Gasteiger partial charge is 0.228 e. The molecule has 1 heterocycles. The molecule has 21 heavy (non-hydrogen) atoms. The van der Waals surface area contributed by atoms with Crippen molar-refractivity contribution in [3.8, 4) is 17.6 Å². The quantitative estimate of drug-likeness (QED) is 0.677. The van der Waals surface area contributed by atoms with Crippen LogP contribution in [0.1, 0.15) is 5.56 Å². The zero-order valence-electron chi connectivity index (χ0n) is 10.6. The van der Waals surface area contributed by atoms with Gasteiger partial charge in [-0.3, -0.25) is 0 Å². The fraction of sp³-hybridized carbons (Fsp3) is 0.0667. The molecule has 104 valence electrons. The Morgan fingerprint density at radius 2 is 1.67 bits per heavy atom. The third kappa shape index (κ3) is 2.23. The first-order chi connectivity index (χ1) is 10.0. The van der Waals surface area contributed by atoms with Gasteiger partial charge in [0.2, 0.25) is 0 Å². The van der Waals surface area contributed by atoms with E-state index in [2.05, 4.69) is 4.98 Å². The van der Waals surface area contributed by atoms with Gasteiger partial charge in [-0.25, -0.2) is 9.55 Å². The number of nitriles is 1. The molecular weight excluding hydrogens is 279 g/mol. The average Bonchev–Trinajstić information content (AvgIpc) is 2.85. The Morgan fingerprint density at radius 3 is 2.29 bits per heavy atom. The number of para-hydroxylation sites is 2. The molecule has 1 aromatic heterocycles. The highest BCUT2D eigenvalue weighted by atomic mass is 19.4. The summed E-state index contributed by atoms with van der Waals surface area (Å²) in [6, 6.07) is 11.6. The van der Waals surface area contributed by atoms with Crippen LogP contribution in [0, 0.1) is 11.5 Å².